The number of amides is 2. The number of nitrogens with one attached hydrogen (secondary N) is 1. The van der Waals surface area contributed by atoms with Crippen LogP contribution in [0.5, 0.6) is 5.75 Å². The first kappa shape index (κ1) is 22.6. The average Bonchev–Trinajstić information content (AvgIpc) is 3.11. The second-order valence-electron chi connectivity index (χ2n) is 6.73. The number of carbonyl (C=O) groups excluding carboxylic acids is 4. The summed E-state index contributed by atoms with van der Waals surface area (Å²) in [5.74, 6) is -2.49. The zero-order chi connectivity index (χ0) is 22.5. The van der Waals surface area contributed by atoms with Crippen molar-refractivity contribution in [2.24, 2.45) is 5.92 Å². The molecule has 1 heterocycles. The molecule has 162 valence electrons. The minimum absolute atomic E-state index is 0.0814. The molecule has 1 N–H and O–H groups in total. The summed E-state index contributed by atoms with van der Waals surface area (Å²) in [5, 5.41) is 1.53. The highest BCUT2D eigenvalue weighted by Crippen LogP contribution is 2.22. The van der Waals surface area contributed by atoms with E-state index >= 15 is 0 Å². The standard InChI is InChI=1S/C21H18Cl2N2O6/c1-30-15-4-2-3-12(7-15)18(26)11-31-21(29)13-8-19(27)25(10-13)24-20(28)16-6-5-14(22)9-17(16)23/h2-7,9,13H,8,10-11H2,1H3,(H,24,28)/t13-/m0/s1. The third-order valence-electron chi connectivity index (χ3n) is 4.61. The maximum absolute atomic E-state index is 12.4. The highest BCUT2D eigenvalue weighted by atomic mass is 35.5. The molecule has 2 aromatic carbocycles. The SMILES string of the molecule is COc1cccc(C(=O)COC(=O)[C@H]2CC(=O)N(NC(=O)c3ccc(Cl)cc3Cl)C2)c1. The van der Waals surface area contributed by atoms with Gasteiger partial charge in [0.2, 0.25) is 5.91 Å². The second-order valence-corrected chi connectivity index (χ2v) is 7.58. The lowest BCUT2D eigenvalue weighted by Gasteiger charge is -2.18. The number of rotatable bonds is 7. The van der Waals surface area contributed by atoms with Crippen LogP contribution in [0.2, 0.25) is 10.0 Å². The molecule has 3 rings (SSSR count). The van der Waals surface area contributed by atoms with Crippen LogP contribution < -0.4 is 10.2 Å². The summed E-state index contributed by atoms with van der Waals surface area (Å²) in [6, 6.07) is 10.8. The number of Topliss-reactive ketones (excluding diaryl/α,β-unsaturated/α-hetero) is 1. The van der Waals surface area contributed by atoms with Crippen molar-refractivity contribution in [1.82, 2.24) is 10.4 Å². The molecule has 1 aliphatic rings. The topological polar surface area (TPSA) is 102 Å². The van der Waals surface area contributed by atoms with Crippen molar-refractivity contribution in [3.05, 3.63) is 63.6 Å². The van der Waals surface area contributed by atoms with E-state index in [1.54, 1.807) is 18.2 Å². The van der Waals surface area contributed by atoms with E-state index in [1.165, 1.54) is 31.4 Å². The normalized spacial score (nSPS) is 15.5. The highest BCUT2D eigenvalue weighted by Gasteiger charge is 2.37. The largest absolute Gasteiger partial charge is 0.497 e. The van der Waals surface area contributed by atoms with Crippen molar-refractivity contribution >= 4 is 46.8 Å². The lowest BCUT2D eigenvalue weighted by atomic mass is 10.1. The van der Waals surface area contributed by atoms with E-state index in [-0.39, 0.29) is 23.6 Å². The molecule has 8 nitrogen and oxygen atoms in total. The molecule has 0 aromatic heterocycles. The zero-order valence-electron chi connectivity index (χ0n) is 16.4. The summed E-state index contributed by atoms with van der Waals surface area (Å²) in [5.41, 5.74) is 2.89. The van der Waals surface area contributed by atoms with Gasteiger partial charge in [-0.25, -0.2) is 0 Å². The Balaban J connectivity index is 1.54. The van der Waals surface area contributed by atoms with Crippen LogP contribution in [-0.2, 0) is 14.3 Å². The summed E-state index contributed by atoms with van der Waals surface area (Å²) in [7, 11) is 1.48. The van der Waals surface area contributed by atoms with Gasteiger partial charge < -0.3 is 9.47 Å². The second kappa shape index (κ2) is 9.80. The average molecular weight is 465 g/mol. The molecule has 0 radical (unpaired) electrons. The monoisotopic (exact) mass is 464 g/mol. The van der Waals surface area contributed by atoms with Gasteiger partial charge >= 0.3 is 5.97 Å². The third kappa shape index (κ3) is 5.53. The van der Waals surface area contributed by atoms with Crippen molar-refractivity contribution in [3.63, 3.8) is 0 Å². The van der Waals surface area contributed by atoms with E-state index in [9.17, 15) is 19.2 Å². The van der Waals surface area contributed by atoms with E-state index in [0.717, 1.165) is 5.01 Å². The number of ketones is 1. The molecule has 1 saturated heterocycles. The Morgan fingerprint density at radius 3 is 2.65 bits per heavy atom. The van der Waals surface area contributed by atoms with Crippen LogP contribution in [0.25, 0.3) is 0 Å². The van der Waals surface area contributed by atoms with Gasteiger partial charge in [-0.05, 0) is 30.3 Å². The summed E-state index contributed by atoms with van der Waals surface area (Å²) in [4.78, 5) is 49.1. The van der Waals surface area contributed by atoms with Crippen molar-refractivity contribution in [3.8, 4) is 5.75 Å². The first-order chi connectivity index (χ1) is 14.8. The van der Waals surface area contributed by atoms with Gasteiger partial charge in [0.1, 0.15) is 5.75 Å². The van der Waals surface area contributed by atoms with Crippen molar-refractivity contribution in [1.29, 1.82) is 0 Å². The molecule has 31 heavy (non-hydrogen) atoms. The maximum Gasteiger partial charge on any atom is 0.311 e. The van der Waals surface area contributed by atoms with Gasteiger partial charge in [0.05, 0.1) is 30.2 Å². The van der Waals surface area contributed by atoms with Gasteiger partial charge in [-0.2, -0.15) is 0 Å². The Hall–Kier alpha value is -3.10. The van der Waals surface area contributed by atoms with Gasteiger partial charge in [0.25, 0.3) is 5.91 Å². The zero-order valence-corrected chi connectivity index (χ0v) is 17.9. The fraction of sp³-hybridized carbons (Fsp3) is 0.238. The van der Waals surface area contributed by atoms with Crippen molar-refractivity contribution in [2.45, 2.75) is 6.42 Å². The number of ether oxygens (including phenoxy) is 2. The number of hydrogen-bond donors (Lipinski definition) is 1. The predicted octanol–water partition coefficient (Wildman–Crippen LogP) is 2.92. The van der Waals surface area contributed by atoms with Gasteiger partial charge in [-0.1, -0.05) is 35.3 Å². The number of esters is 1. The predicted molar refractivity (Wildman–Crippen MR) is 112 cm³/mol. The smallest absolute Gasteiger partial charge is 0.311 e. The quantitative estimate of drug-likeness (QED) is 0.499. The Morgan fingerprint density at radius 1 is 1.16 bits per heavy atom. The van der Waals surface area contributed by atoms with Crippen LogP contribution in [0, 0.1) is 5.92 Å². The van der Waals surface area contributed by atoms with E-state index in [2.05, 4.69) is 5.43 Å². The molecule has 0 saturated carbocycles. The number of carbonyl (C=O) groups is 4. The highest BCUT2D eigenvalue weighted by molar-refractivity contribution is 6.36. The molecule has 1 aliphatic heterocycles. The minimum Gasteiger partial charge on any atom is -0.497 e. The van der Waals surface area contributed by atoms with Gasteiger partial charge in [-0.3, -0.25) is 29.6 Å². The number of hydrazine groups is 1. The van der Waals surface area contributed by atoms with E-state index in [4.69, 9.17) is 32.7 Å². The van der Waals surface area contributed by atoms with Crippen molar-refractivity contribution < 1.29 is 28.7 Å². The molecule has 0 aliphatic carbocycles. The molecular formula is C21H18Cl2N2O6. The number of halogens is 2. The molecular weight excluding hydrogens is 447 g/mol. The number of hydrogen-bond acceptors (Lipinski definition) is 6. The summed E-state index contributed by atoms with van der Waals surface area (Å²) in [6.45, 7) is -0.550. The van der Waals surface area contributed by atoms with Crippen LogP contribution in [0.3, 0.4) is 0 Å². The van der Waals surface area contributed by atoms with Gasteiger partial charge in [0.15, 0.2) is 12.4 Å². The fourth-order valence-electron chi connectivity index (χ4n) is 2.96. The van der Waals surface area contributed by atoms with E-state index in [1.807, 2.05) is 0 Å². The molecule has 0 bridgehead atoms. The Bertz CT molecular complexity index is 1040. The summed E-state index contributed by atoms with van der Waals surface area (Å²) >= 11 is 11.8. The molecule has 10 heteroatoms. The summed E-state index contributed by atoms with van der Waals surface area (Å²) < 4.78 is 10.1. The van der Waals surface area contributed by atoms with Crippen LogP contribution >= 0.6 is 23.2 Å². The number of nitrogens with zero attached hydrogens (tertiary/aromatic N) is 1. The van der Waals surface area contributed by atoms with Crippen LogP contribution in [-0.4, -0.2) is 48.8 Å². The molecule has 2 aromatic rings. The maximum atomic E-state index is 12.4. The minimum atomic E-state index is -0.813. The molecule has 1 atom stereocenters. The number of benzene rings is 2. The van der Waals surface area contributed by atoms with Gasteiger partial charge in [-0.15, -0.1) is 0 Å². The third-order valence-corrected chi connectivity index (χ3v) is 5.16. The lowest BCUT2D eigenvalue weighted by molar-refractivity contribution is -0.147. The Labute approximate surface area is 188 Å². The van der Waals surface area contributed by atoms with E-state index < -0.39 is 36.1 Å². The van der Waals surface area contributed by atoms with Gasteiger partial charge in [0, 0.05) is 17.0 Å². The first-order valence-corrected chi connectivity index (χ1v) is 9.94. The lowest BCUT2D eigenvalue weighted by Crippen LogP contribution is -2.43. The van der Waals surface area contributed by atoms with Crippen LogP contribution in [0.15, 0.2) is 42.5 Å². The Kier molecular flexibility index (Phi) is 7.14. The molecule has 2 amide bonds. The molecule has 0 unspecified atom stereocenters. The van der Waals surface area contributed by atoms with Crippen molar-refractivity contribution in [2.75, 3.05) is 20.3 Å². The molecule has 0 spiro atoms. The fourth-order valence-corrected chi connectivity index (χ4v) is 3.46. The number of methoxy groups -OCH3 is 1. The van der Waals surface area contributed by atoms with E-state index in [0.29, 0.717) is 16.3 Å². The Morgan fingerprint density at radius 2 is 1.94 bits per heavy atom. The van der Waals surface area contributed by atoms with Crippen LogP contribution in [0.1, 0.15) is 27.1 Å². The first-order valence-electron chi connectivity index (χ1n) is 9.18. The van der Waals surface area contributed by atoms with Crippen LogP contribution in [0.4, 0.5) is 0 Å². The molecule has 1 fully saturated rings. The summed E-state index contributed by atoms with van der Waals surface area (Å²) in [6.07, 6.45) is -0.152.